The number of nitrogens with zero attached hydrogens (tertiary/aromatic N) is 1. The van der Waals surface area contributed by atoms with Crippen LogP contribution in [0.2, 0.25) is 0 Å². The van der Waals surface area contributed by atoms with Crippen molar-refractivity contribution in [1.82, 2.24) is 0 Å². The summed E-state index contributed by atoms with van der Waals surface area (Å²) in [5.41, 5.74) is 0.844. The molecule has 1 unspecified atom stereocenters. The summed E-state index contributed by atoms with van der Waals surface area (Å²) in [5.74, 6) is 0.937. The monoisotopic (exact) mass is 187 g/mol. The highest BCUT2D eigenvalue weighted by atomic mass is 16.5. The van der Waals surface area contributed by atoms with Gasteiger partial charge in [0.15, 0.2) is 0 Å². The molecule has 0 radical (unpaired) electrons. The van der Waals surface area contributed by atoms with Crippen LogP contribution in [0, 0.1) is 16.7 Å². The first kappa shape index (κ1) is 9.08. The molecule has 0 saturated heterocycles. The van der Waals surface area contributed by atoms with Crippen molar-refractivity contribution in [2.75, 3.05) is 6.61 Å². The molecular weight excluding hydrogens is 174 g/mol. The van der Waals surface area contributed by atoms with Crippen LogP contribution < -0.4 is 4.74 Å². The Bertz CT molecular complexity index is 380. The Balaban J connectivity index is 2.34. The molecule has 0 aromatic heterocycles. The highest BCUT2D eigenvalue weighted by Gasteiger charge is 2.34. The molecule has 1 aromatic rings. The van der Waals surface area contributed by atoms with Gasteiger partial charge < -0.3 is 4.74 Å². The second kappa shape index (κ2) is 3.34. The van der Waals surface area contributed by atoms with Crippen molar-refractivity contribution in [3.05, 3.63) is 29.8 Å². The lowest BCUT2D eigenvalue weighted by molar-refractivity contribution is 0.165. The minimum absolute atomic E-state index is 0.311. The number of hydrogen-bond acceptors (Lipinski definition) is 2. The molecule has 2 rings (SSSR count). The zero-order valence-corrected chi connectivity index (χ0v) is 8.29. The molecule has 1 aliphatic rings. The van der Waals surface area contributed by atoms with Crippen LogP contribution in [0.1, 0.15) is 18.9 Å². The highest BCUT2D eigenvalue weighted by Crippen LogP contribution is 2.35. The summed E-state index contributed by atoms with van der Waals surface area (Å²) in [5, 5.41) is 9.14. The van der Waals surface area contributed by atoms with E-state index in [4.69, 9.17) is 10.00 Å². The van der Waals surface area contributed by atoms with E-state index in [0.717, 1.165) is 24.2 Å². The predicted octanol–water partition coefficient (Wildman–Crippen LogP) is 2.54. The summed E-state index contributed by atoms with van der Waals surface area (Å²) in [6.45, 7) is 2.57. The average molecular weight is 187 g/mol. The molecular formula is C12H13NO. The number of benzene rings is 1. The van der Waals surface area contributed by atoms with Crippen LogP contribution in [0.15, 0.2) is 24.3 Å². The van der Waals surface area contributed by atoms with E-state index in [1.807, 2.05) is 31.2 Å². The number of ether oxygens (including phenoxy) is 1. The fourth-order valence-electron chi connectivity index (χ4n) is 1.80. The van der Waals surface area contributed by atoms with Crippen LogP contribution in [0.25, 0.3) is 0 Å². The molecule has 0 amide bonds. The van der Waals surface area contributed by atoms with Crippen molar-refractivity contribution in [2.24, 2.45) is 5.41 Å². The molecule has 0 aliphatic carbocycles. The maximum atomic E-state index is 9.14. The molecule has 0 saturated carbocycles. The lowest BCUT2D eigenvalue weighted by Gasteiger charge is -2.31. The molecule has 0 spiro atoms. The average Bonchev–Trinajstić information content (AvgIpc) is 2.28. The number of hydrogen-bond donors (Lipinski definition) is 0. The van der Waals surface area contributed by atoms with Crippen molar-refractivity contribution in [1.29, 1.82) is 5.26 Å². The molecule has 1 aliphatic heterocycles. The van der Waals surface area contributed by atoms with E-state index in [9.17, 15) is 0 Å². The second-order valence-corrected chi connectivity index (χ2v) is 3.82. The maximum Gasteiger partial charge on any atom is 0.122 e. The van der Waals surface area contributed by atoms with Gasteiger partial charge in [-0.05, 0) is 24.5 Å². The van der Waals surface area contributed by atoms with E-state index < -0.39 is 0 Å². The smallest absolute Gasteiger partial charge is 0.122 e. The summed E-state index contributed by atoms with van der Waals surface area (Å²) >= 11 is 0. The largest absolute Gasteiger partial charge is 0.492 e. The van der Waals surface area contributed by atoms with Crippen LogP contribution in [0.3, 0.4) is 0 Å². The van der Waals surface area contributed by atoms with Crippen LogP contribution in [-0.2, 0) is 6.42 Å². The number of rotatable bonds is 1. The number of para-hydroxylation sites is 1. The Kier molecular flexibility index (Phi) is 2.17. The Morgan fingerprint density at radius 3 is 3.00 bits per heavy atom. The third-order valence-electron chi connectivity index (χ3n) is 2.92. The predicted molar refractivity (Wildman–Crippen MR) is 54.0 cm³/mol. The third kappa shape index (κ3) is 1.35. The molecule has 14 heavy (non-hydrogen) atoms. The summed E-state index contributed by atoms with van der Waals surface area (Å²) in [6.07, 6.45) is 1.66. The van der Waals surface area contributed by atoms with E-state index in [1.54, 1.807) is 0 Å². The molecule has 1 aromatic carbocycles. The molecule has 2 heteroatoms. The van der Waals surface area contributed by atoms with Crippen molar-refractivity contribution in [3.8, 4) is 11.8 Å². The van der Waals surface area contributed by atoms with Gasteiger partial charge in [-0.3, -0.25) is 0 Å². The first-order valence-electron chi connectivity index (χ1n) is 4.92. The SMILES string of the molecule is CCC1(C#N)COc2ccccc2C1. The van der Waals surface area contributed by atoms with Gasteiger partial charge in [-0.25, -0.2) is 0 Å². The van der Waals surface area contributed by atoms with Gasteiger partial charge in [0.25, 0.3) is 0 Å². The fourth-order valence-corrected chi connectivity index (χ4v) is 1.80. The summed E-state index contributed by atoms with van der Waals surface area (Å²) in [6, 6.07) is 10.3. The number of nitriles is 1. The van der Waals surface area contributed by atoms with E-state index in [1.165, 1.54) is 0 Å². The zero-order chi connectivity index (χ0) is 10.0. The third-order valence-corrected chi connectivity index (χ3v) is 2.92. The lowest BCUT2D eigenvalue weighted by Crippen LogP contribution is -2.32. The molecule has 0 bridgehead atoms. The molecule has 2 nitrogen and oxygen atoms in total. The summed E-state index contributed by atoms with van der Waals surface area (Å²) in [4.78, 5) is 0. The minimum Gasteiger partial charge on any atom is -0.492 e. The minimum atomic E-state index is -0.311. The standard InChI is InChI=1S/C12H13NO/c1-2-12(8-13)7-10-5-3-4-6-11(10)14-9-12/h3-6H,2,7,9H2,1H3. The molecule has 0 N–H and O–H groups in total. The maximum absolute atomic E-state index is 9.14. The van der Waals surface area contributed by atoms with Crippen molar-refractivity contribution in [2.45, 2.75) is 19.8 Å². The first-order chi connectivity index (χ1) is 6.79. The van der Waals surface area contributed by atoms with Crippen molar-refractivity contribution >= 4 is 0 Å². The van der Waals surface area contributed by atoms with Gasteiger partial charge >= 0.3 is 0 Å². The van der Waals surface area contributed by atoms with Crippen LogP contribution >= 0.6 is 0 Å². The molecule has 1 atom stereocenters. The molecule has 1 heterocycles. The van der Waals surface area contributed by atoms with E-state index >= 15 is 0 Å². The van der Waals surface area contributed by atoms with E-state index in [2.05, 4.69) is 6.07 Å². The van der Waals surface area contributed by atoms with Gasteiger partial charge in [0.1, 0.15) is 12.4 Å². The van der Waals surface area contributed by atoms with Crippen LogP contribution in [-0.4, -0.2) is 6.61 Å². The highest BCUT2D eigenvalue weighted by molar-refractivity contribution is 5.37. The van der Waals surface area contributed by atoms with Gasteiger partial charge in [0.05, 0.1) is 11.5 Å². The Hall–Kier alpha value is -1.49. The number of fused-ring (bicyclic) bond motifs is 1. The first-order valence-corrected chi connectivity index (χ1v) is 4.92. The van der Waals surface area contributed by atoms with E-state index in [0.29, 0.717) is 6.61 Å². The Morgan fingerprint density at radius 1 is 1.50 bits per heavy atom. The fraction of sp³-hybridized carbons (Fsp3) is 0.417. The van der Waals surface area contributed by atoms with Crippen molar-refractivity contribution in [3.63, 3.8) is 0 Å². The topological polar surface area (TPSA) is 33.0 Å². The Labute approximate surface area is 84.1 Å². The second-order valence-electron chi connectivity index (χ2n) is 3.82. The zero-order valence-electron chi connectivity index (χ0n) is 8.29. The van der Waals surface area contributed by atoms with Gasteiger partial charge in [-0.2, -0.15) is 5.26 Å². The van der Waals surface area contributed by atoms with Gasteiger partial charge in [-0.1, -0.05) is 25.1 Å². The van der Waals surface area contributed by atoms with Crippen LogP contribution in [0.5, 0.6) is 5.75 Å². The normalized spacial score (nSPS) is 24.6. The van der Waals surface area contributed by atoms with Crippen molar-refractivity contribution < 1.29 is 4.74 Å². The quantitative estimate of drug-likeness (QED) is 0.676. The summed E-state index contributed by atoms with van der Waals surface area (Å²) in [7, 11) is 0. The lowest BCUT2D eigenvalue weighted by atomic mass is 9.79. The van der Waals surface area contributed by atoms with Gasteiger partial charge in [-0.15, -0.1) is 0 Å². The molecule has 72 valence electrons. The summed E-state index contributed by atoms with van der Waals surface area (Å²) < 4.78 is 5.60. The van der Waals surface area contributed by atoms with Crippen LogP contribution in [0.4, 0.5) is 0 Å². The Morgan fingerprint density at radius 2 is 2.29 bits per heavy atom. The van der Waals surface area contributed by atoms with Gasteiger partial charge in [0.2, 0.25) is 0 Å². The van der Waals surface area contributed by atoms with E-state index in [-0.39, 0.29) is 5.41 Å². The molecule has 0 fully saturated rings. The van der Waals surface area contributed by atoms with Gasteiger partial charge in [0, 0.05) is 0 Å².